The number of aryl methyl sites for hydroxylation is 1. The minimum Gasteiger partial charge on any atom is -0.496 e. The fourth-order valence-corrected chi connectivity index (χ4v) is 5.34. The number of benzene rings is 2. The summed E-state index contributed by atoms with van der Waals surface area (Å²) >= 11 is 0. The zero-order valence-electron chi connectivity index (χ0n) is 20.1. The maximum atomic E-state index is 13.9. The number of ether oxygens (including phenoxy) is 1. The molecule has 0 unspecified atom stereocenters. The molecule has 0 saturated heterocycles. The van der Waals surface area contributed by atoms with E-state index in [-0.39, 0.29) is 5.82 Å². The van der Waals surface area contributed by atoms with Gasteiger partial charge in [0.05, 0.1) is 35.6 Å². The number of hydrogen-bond acceptors (Lipinski definition) is 4. The topological polar surface area (TPSA) is 73.7 Å². The Hall–Kier alpha value is -3.85. The summed E-state index contributed by atoms with van der Waals surface area (Å²) in [7, 11) is 1.63. The van der Waals surface area contributed by atoms with Gasteiger partial charge in [0.25, 0.3) is 0 Å². The average molecular weight is 469 g/mol. The highest BCUT2D eigenvalue weighted by molar-refractivity contribution is 5.82. The van der Waals surface area contributed by atoms with Crippen molar-refractivity contribution in [2.24, 2.45) is 5.92 Å². The standard InChI is InChI=1S/C29H29FN4O/c1-18-13-27(29(34-18)24-9-5-20(16-31)14-28(24)35-2)33-17-19-3-6-21(7-4-19)23-11-12-32-26-10-8-22(30)15-25(23)26/h5,8-15,19,21,33-34H,3-4,6-7,17H2,1-2H3. The van der Waals surface area contributed by atoms with Crippen LogP contribution in [0.3, 0.4) is 0 Å². The molecule has 0 atom stereocenters. The molecule has 2 aromatic heterocycles. The van der Waals surface area contributed by atoms with Gasteiger partial charge in [0, 0.05) is 29.4 Å². The number of nitrogens with one attached hydrogen (secondary N) is 2. The molecule has 0 radical (unpaired) electrons. The number of hydrogen-bond donors (Lipinski definition) is 2. The van der Waals surface area contributed by atoms with Crippen LogP contribution in [0.4, 0.5) is 10.1 Å². The Labute approximate surface area is 205 Å². The second kappa shape index (κ2) is 9.79. The van der Waals surface area contributed by atoms with Gasteiger partial charge in [-0.25, -0.2) is 4.39 Å². The fourth-order valence-electron chi connectivity index (χ4n) is 5.34. The highest BCUT2D eigenvalue weighted by Gasteiger charge is 2.24. The van der Waals surface area contributed by atoms with Gasteiger partial charge in [0.15, 0.2) is 0 Å². The van der Waals surface area contributed by atoms with Gasteiger partial charge in [0.1, 0.15) is 11.6 Å². The molecule has 4 aromatic rings. The van der Waals surface area contributed by atoms with Gasteiger partial charge in [-0.05, 0) is 98.5 Å². The van der Waals surface area contributed by atoms with Crippen LogP contribution in [0.2, 0.25) is 0 Å². The van der Waals surface area contributed by atoms with E-state index in [9.17, 15) is 9.65 Å². The van der Waals surface area contributed by atoms with E-state index in [4.69, 9.17) is 4.74 Å². The Balaban J connectivity index is 1.27. The molecule has 0 bridgehead atoms. The first kappa shape index (κ1) is 22.9. The van der Waals surface area contributed by atoms with Crippen molar-refractivity contribution in [3.05, 3.63) is 77.4 Å². The summed E-state index contributed by atoms with van der Waals surface area (Å²) in [6.07, 6.45) is 6.26. The third-order valence-corrected chi connectivity index (χ3v) is 7.16. The van der Waals surface area contributed by atoms with E-state index >= 15 is 0 Å². The largest absolute Gasteiger partial charge is 0.496 e. The molecule has 0 spiro atoms. The molecular formula is C29H29FN4O. The van der Waals surface area contributed by atoms with Gasteiger partial charge >= 0.3 is 0 Å². The van der Waals surface area contributed by atoms with Crippen LogP contribution in [0.25, 0.3) is 22.2 Å². The maximum Gasteiger partial charge on any atom is 0.129 e. The molecule has 5 rings (SSSR count). The van der Waals surface area contributed by atoms with Crippen LogP contribution >= 0.6 is 0 Å². The molecule has 178 valence electrons. The van der Waals surface area contributed by atoms with Crippen molar-refractivity contribution in [2.75, 3.05) is 19.0 Å². The summed E-state index contributed by atoms with van der Waals surface area (Å²) in [6.45, 7) is 2.93. The van der Waals surface area contributed by atoms with Crippen molar-refractivity contribution >= 4 is 16.6 Å². The van der Waals surface area contributed by atoms with Gasteiger partial charge in [-0.3, -0.25) is 4.98 Å². The third-order valence-electron chi connectivity index (χ3n) is 7.16. The first-order valence-corrected chi connectivity index (χ1v) is 12.1. The summed E-state index contributed by atoms with van der Waals surface area (Å²) in [5, 5.41) is 13.8. The van der Waals surface area contributed by atoms with Crippen molar-refractivity contribution in [1.82, 2.24) is 9.97 Å². The predicted octanol–water partition coefficient (Wildman–Crippen LogP) is 6.94. The average Bonchev–Trinajstić information content (AvgIpc) is 3.27. The molecule has 5 nitrogen and oxygen atoms in total. The number of anilines is 1. The van der Waals surface area contributed by atoms with E-state index in [1.807, 2.05) is 25.3 Å². The molecule has 0 aliphatic heterocycles. The van der Waals surface area contributed by atoms with Crippen LogP contribution in [-0.4, -0.2) is 23.6 Å². The molecular weight excluding hydrogens is 439 g/mol. The fraction of sp³-hybridized carbons (Fsp3) is 0.310. The van der Waals surface area contributed by atoms with E-state index in [0.29, 0.717) is 23.1 Å². The first-order valence-electron chi connectivity index (χ1n) is 12.1. The minimum absolute atomic E-state index is 0.207. The smallest absolute Gasteiger partial charge is 0.129 e. The van der Waals surface area contributed by atoms with Crippen molar-refractivity contribution in [3.8, 4) is 23.1 Å². The zero-order chi connectivity index (χ0) is 24.4. The van der Waals surface area contributed by atoms with Crippen LogP contribution in [0.5, 0.6) is 5.75 Å². The van der Waals surface area contributed by atoms with Gasteiger partial charge in [-0.1, -0.05) is 0 Å². The molecule has 1 saturated carbocycles. The van der Waals surface area contributed by atoms with E-state index in [1.165, 1.54) is 11.6 Å². The van der Waals surface area contributed by atoms with Crippen LogP contribution in [-0.2, 0) is 0 Å². The number of pyridine rings is 1. The molecule has 2 aromatic carbocycles. The lowest BCUT2D eigenvalue weighted by Crippen LogP contribution is -2.20. The van der Waals surface area contributed by atoms with E-state index in [1.54, 1.807) is 25.3 Å². The minimum atomic E-state index is -0.207. The summed E-state index contributed by atoms with van der Waals surface area (Å²) in [5.74, 6) is 1.48. The number of halogens is 1. The number of nitriles is 1. The first-order chi connectivity index (χ1) is 17.1. The van der Waals surface area contributed by atoms with E-state index < -0.39 is 0 Å². The number of nitrogens with zero attached hydrogens (tertiary/aromatic N) is 2. The summed E-state index contributed by atoms with van der Waals surface area (Å²) < 4.78 is 19.5. The van der Waals surface area contributed by atoms with Crippen LogP contribution < -0.4 is 10.1 Å². The Morgan fingerprint density at radius 1 is 1.11 bits per heavy atom. The monoisotopic (exact) mass is 468 g/mol. The molecule has 2 N–H and O–H groups in total. The molecule has 1 aliphatic carbocycles. The van der Waals surface area contributed by atoms with Gasteiger partial charge in [-0.2, -0.15) is 5.26 Å². The van der Waals surface area contributed by atoms with Crippen LogP contribution in [0.1, 0.15) is 48.4 Å². The van der Waals surface area contributed by atoms with Gasteiger partial charge in [0.2, 0.25) is 0 Å². The van der Waals surface area contributed by atoms with Crippen LogP contribution in [0, 0.1) is 30.0 Å². The van der Waals surface area contributed by atoms with Crippen molar-refractivity contribution in [2.45, 2.75) is 38.5 Å². The molecule has 1 fully saturated rings. The normalized spacial score (nSPS) is 17.8. The summed E-state index contributed by atoms with van der Waals surface area (Å²) in [5.41, 5.74) is 6.67. The lowest BCUT2D eigenvalue weighted by atomic mass is 9.78. The molecule has 2 heterocycles. The quantitative estimate of drug-likeness (QED) is 0.321. The summed E-state index contributed by atoms with van der Waals surface area (Å²) in [4.78, 5) is 7.86. The molecule has 0 amide bonds. The Morgan fingerprint density at radius 2 is 1.94 bits per heavy atom. The Morgan fingerprint density at radius 3 is 2.71 bits per heavy atom. The second-order valence-corrected chi connectivity index (χ2v) is 9.43. The predicted molar refractivity (Wildman–Crippen MR) is 137 cm³/mol. The van der Waals surface area contributed by atoms with Crippen molar-refractivity contribution in [3.63, 3.8) is 0 Å². The lowest BCUT2D eigenvalue weighted by molar-refractivity contribution is 0.339. The van der Waals surface area contributed by atoms with Gasteiger partial charge in [-0.15, -0.1) is 0 Å². The second-order valence-electron chi connectivity index (χ2n) is 9.43. The van der Waals surface area contributed by atoms with Gasteiger partial charge < -0.3 is 15.0 Å². The molecule has 6 heteroatoms. The highest BCUT2D eigenvalue weighted by Crippen LogP contribution is 2.40. The summed E-state index contributed by atoms with van der Waals surface area (Å²) in [6, 6.07) is 16.7. The highest BCUT2D eigenvalue weighted by atomic mass is 19.1. The number of methoxy groups -OCH3 is 1. The number of aromatic amines is 1. The van der Waals surface area contributed by atoms with Crippen molar-refractivity contribution < 1.29 is 9.13 Å². The third kappa shape index (κ3) is 4.72. The number of aromatic nitrogens is 2. The Bertz CT molecular complexity index is 1400. The van der Waals surface area contributed by atoms with Crippen molar-refractivity contribution in [1.29, 1.82) is 5.26 Å². The molecule has 35 heavy (non-hydrogen) atoms. The van der Waals surface area contributed by atoms with E-state index in [0.717, 1.165) is 65.8 Å². The Kier molecular flexibility index (Phi) is 6.41. The maximum absolute atomic E-state index is 13.9. The van der Waals surface area contributed by atoms with E-state index in [2.05, 4.69) is 33.5 Å². The number of fused-ring (bicyclic) bond motifs is 1. The number of H-pyrrole nitrogens is 1. The number of rotatable bonds is 6. The molecule has 1 aliphatic rings. The zero-order valence-corrected chi connectivity index (χ0v) is 20.1. The van der Waals surface area contributed by atoms with Crippen LogP contribution in [0.15, 0.2) is 54.7 Å². The SMILES string of the molecule is COc1cc(C#N)ccc1-c1[nH]c(C)cc1NCC1CCC(c2ccnc3ccc(F)cc23)CC1. The lowest BCUT2D eigenvalue weighted by Gasteiger charge is -2.29.